The quantitative estimate of drug-likeness (QED) is 0.354. The number of thiazole rings is 1. The third kappa shape index (κ3) is 7.28. The molecular weight excluding hydrogens is 492 g/mol. The minimum absolute atomic E-state index is 0.0348. The zero-order valence-corrected chi connectivity index (χ0v) is 21.7. The molecule has 182 valence electrons. The topological polar surface area (TPSA) is 94.8 Å². The molecule has 0 saturated heterocycles. The molecule has 0 unspecified atom stereocenters. The number of aromatic nitrogens is 1. The highest BCUT2D eigenvalue weighted by Gasteiger charge is 2.15. The Morgan fingerprint density at radius 2 is 1.91 bits per heavy atom. The lowest BCUT2D eigenvalue weighted by molar-refractivity contribution is -0.118. The molecule has 3 rings (SSSR count). The summed E-state index contributed by atoms with van der Waals surface area (Å²) in [5.74, 6) is -0.00705. The largest absolute Gasteiger partial charge is 0.462 e. The molecule has 3 aromatic rings. The minimum atomic E-state index is -3.30. The summed E-state index contributed by atoms with van der Waals surface area (Å²) in [5.41, 5.74) is 2.08. The van der Waals surface area contributed by atoms with E-state index < -0.39 is 9.84 Å². The first kappa shape index (κ1) is 26.2. The van der Waals surface area contributed by atoms with Crippen LogP contribution >= 0.6 is 23.1 Å². The first-order valence-corrected chi connectivity index (χ1v) is 15.0. The molecule has 0 bridgehead atoms. The number of carbonyl (C=O) groups is 2. The van der Waals surface area contributed by atoms with Crippen molar-refractivity contribution in [3.8, 4) is 0 Å². The van der Waals surface area contributed by atoms with E-state index in [9.17, 15) is 18.0 Å². The summed E-state index contributed by atoms with van der Waals surface area (Å²) in [6, 6.07) is 14.3. The maximum atomic E-state index is 12.6. The molecule has 2 aromatic carbocycles. The van der Waals surface area contributed by atoms with Gasteiger partial charge in [-0.2, -0.15) is 16.8 Å². The van der Waals surface area contributed by atoms with Gasteiger partial charge in [0.05, 0.1) is 33.9 Å². The molecule has 0 aliphatic rings. The number of carbonyl (C=O) groups excluding carboxylic acids is 2. The summed E-state index contributed by atoms with van der Waals surface area (Å²) in [5, 5.41) is 0. The number of hydrogen-bond acceptors (Lipinski definition) is 7. The fraction of sp³-hybridized carbons (Fsp3) is 0.375. The Balaban J connectivity index is 1.75. The Kier molecular flexibility index (Phi) is 9.49. The third-order valence-electron chi connectivity index (χ3n) is 5.01. The van der Waals surface area contributed by atoms with Crippen LogP contribution in [-0.4, -0.2) is 49.2 Å². The summed E-state index contributed by atoms with van der Waals surface area (Å²) < 4.78 is 32.6. The fourth-order valence-corrected chi connectivity index (χ4v) is 6.31. The minimum Gasteiger partial charge on any atom is -0.462 e. The van der Waals surface area contributed by atoms with Gasteiger partial charge in [0.25, 0.3) is 0 Å². The van der Waals surface area contributed by atoms with Gasteiger partial charge in [-0.05, 0) is 43.4 Å². The highest BCUT2D eigenvalue weighted by Crippen LogP contribution is 2.20. The lowest BCUT2D eigenvalue weighted by Crippen LogP contribution is -2.18. The predicted molar refractivity (Wildman–Crippen MR) is 138 cm³/mol. The average Bonchev–Trinajstić information content (AvgIpc) is 3.13. The van der Waals surface area contributed by atoms with Gasteiger partial charge < -0.3 is 9.30 Å². The lowest BCUT2D eigenvalue weighted by atomic mass is 10.2. The molecule has 0 aliphatic heterocycles. The molecule has 0 N–H and O–H groups in total. The van der Waals surface area contributed by atoms with Crippen LogP contribution in [0.4, 0.5) is 0 Å². The van der Waals surface area contributed by atoms with Gasteiger partial charge in [0, 0.05) is 18.7 Å². The molecule has 0 aliphatic carbocycles. The van der Waals surface area contributed by atoms with Crippen molar-refractivity contribution in [2.45, 2.75) is 32.1 Å². The molecule has 10 heteroatoms. The number of amides is 1. The number of ether oxygens (including phenoxy) is 1. The number of esters is 1. The van der Waals surface area contributed by atoms with Crippen LogP contribution < -0.4 is 4.80 Å². The summed E-state index contributed by atoms with van der Waals surface area (Å²) in [7, 11) is -3.30. The molecule has 0 spiro atoms. The Labute approximate surface area is 207 Å². The third-order valence-corrected chi connectivity index (χ3v) is 8.32. The van der Waals surface area contributed by atoms with Gasteiger partial charge in [-0.25, -0.2) is 13.2 Å². The van der Waals surface area contributed by atoms with Gasteiger partial charge in [0.2, 0.25) is 5.91 Å². The number of nitrogens with zero attached hydrogens (tertiary/aromatic N) is 2. The van der Waals surface area contributed by atoms with E-state index in [1.54, 1.807) is 55.1 Å². The summed E-state index contributed by atoms with van der Waals surface area (Å²) in [6.07, 6.45) is 2.28. The monoisotopic (exact) mass is 520 g/mol. The Bertz CT molecular complexity index is 1310. The smallest absolute Gasteiger partial charge is 0.338 e. The van der Waals surface area contributed by atoms with Crippen LogP contribution in [0.5, 0.6) is 0 Å². The molecule has 0 fully saturated rings. The second-order valence-corrected chi connectivity index (χ2v) is 11.8. The highest BCUT2D eigenvalue weighted by atomic mass is 32.2. The first-order valence-electron chi connectivity index (χ1n) is 10.9. The van der Waals surface area contributed by atoms with Crippen LogP contribution in [0, 0.1) is 0 Å². The number of sulfone groups is 1. The van der Waals surface area contributed by atoms with E-state index in [2.05, 4.69) is 4.99 Å². The molecule has 7 nitrogen and oxygen atoms in total. The molecular formula is C24H28N2O5S3. The van der Waals surface area contributed by atoms with Gasteiger partial charge in [-0.1, -0.05) is 41.7 Å². The molecule has 1 heterocycles. The predicted octanol–water partition coefficient (Wildman–Crippen LogP) is 4.07. The van der Waals surface area contributed by atoms with Crippen molar-refractivity contribution in [2.24, 2.45) is 4.99 Å². The summed E-state index contributed by atoms with van der Waals surface area (Å²) >= 11 is 3.02. The van der Waals surface area contributed by atoms with Crippen molar-refractivity contribution in [2.75, 3.05) is 24.4 Å². The van der Waals surface area contributed by atoms with E-state index in [0.29, 0.717) is 23.5 Å². The Morgan fingerprint density at radius 1 is 1.15 bits per heavy atom. The molecule has 0 atom stereocenters. The van der Waals surface area contributed by atoms with Crippen LogP contribution in [0.3, 0.4) is 0 Å². The van der Waals surface area contributed by atoms with E-state index in [4.69, 9.17) is 4.74 Å². The zero-order valence-electron chi connectivity index (χ0n) is 19.2. The molecule has 0 saturated carbocycles. The van der Waals surface area contributed by atoms with E-state index >= 15 is 0 Å². The van der Waals surface area contributed by atoms with Crippen molar-refractivity contribution in [3.05, 3.63) is 64.5 Å². The number of benzene rings is 2. The van der Waals surface area contributed by atoms with Crippen LogP contribution in [0.2, 0.25) is 0 Å². The van der Waals surface area contributed by atoms with Crippen LogP contribution in [0.15, 0.2) is 53.5 Å². The number of thioether (sulfide) groups is 1. The van der Waals surface area contributed by atoms with Crippen molar-refractivity contribution < 1.29 is 22.7 Å². The second kappa shape index (κ2) is 12.3. The Morgan fingerprint density at radius 3 is 2.62 bits per heavy atom. The standard InChI is InChI=1S/C24H28N2O5S3/c1-3-31-23(28)19-11-12-20-21(16-19)33-24(26(20)13-14-32-2)25-22(27)10-7-15-34(29,30)17-18-8-5-4-6-9-18/h4-6,8-9,11-12,16H,3,7,10,13-15,17H2,1-2H3. The lowest BCUT2D eigenvalue weighted by Gasteiger charge is -2.05. The van der Waals surface area contributed by atoms with Gasteiger partial charge >= 0.3 is 5.97 Å². The van der Waals surface area contributed by atoms with Crippen molar-refractivity contribution in [1.29, 1.82) is 0 Å². The number of rotatable bonds is 11. The van der Waals surface area contributed by atoms with E-state index in [0.717, 1.165) is 21.5 Å². The first-order chi connectivity index (χ1) is 16.3. The van der Waals surface area contributed by atoms with Gasteiger partial charge in [0.15, 0.2) is 14.6 Å². The summed E-state index contributed by atoms with van der Waals surface area (Å²) in [4.78, 5) is 29.5. The van der Waals surface area contributed by atoms with Crippen molar-refractivity contribution in [3.63, 3.8) is 0 Å². The SMILES string of the molecule is CCOC(=O)c1ccc2c(c1)sc(=NC(=O)CCCS(=O)(=O)Cc1ccccc1)n2CCSC. The maximum Gasteiger partial charge on any atom is 0.338 e. The number of aryl methyl sites for hydroxylation is 1. The van der Waals surface area contributed by atoms with Gasteiger partial charge in [-0.15, -0.1) is 0 Å². The molecule has 1 aromatic heterocycles. The average molecular weight is 521 g/mol. The zero-order chi connectivity index (χ0) is 24.6. The van der Waals surface area contributed by atoms with Crippen molar-refractivity contribution >= 4 is 55.0 Å². The van der Waals surface area contributed by atoms with E-state index in [1.807, 2.05) is 23.0 Å². The van der Waals surface area contributed by atoms with Crippen LogP contribution in [0.1, 0.15) is 35.7 Å². The molecule has 0 radical (unpaired) electrons. The van der Waals surface area contributed by atoms with Crippen LogP contribution in [0.25, 0.3) is 10.2 Å². The molecule has 1 amide bonds. The van der Waals surface area contributed by atoms with Gasteiger partial charge in [0.1, 0.15) is 0 Å². The normalized spacial score (nSPS) is 12.2. The van der Waals surface area contributed by atoms with Gasteiger partial charge in [-0.3, -0.25) is 4.79 Å². The summed E-state index contributed by atoms with van der Waals surface area (Å²) in [6.45, 7) is 2.72. The Hall–Kier alpha value is -2.43. The number of fused-ring (bicyclic) bond motifs is 1. The second-order valence-electron chi connectivity index (χ2n) is 7.62. The highest BCUT2D eigenvalue weighted by molar-refractivity contribution is 7.98. The molecule has 34 heavy (non-hydrogen) atoms. The maximum absolute atomic E-state index is 12.6. The van der Waals surface area contributed by atoms with E-state index in [-0.39, 0.29) is 36.2 Å². The van der Waals surface area contributed by atoms with E-state index in [1.165, 1.54) is 11.3 Å². The fourth-order valence-electron chi connectivity index (χ4n) is 3.40. The van der Waals surface area contributed by atoms with Crippen molar-refractivity contribution in [1.82, 2.24) is 4.57 Å². The van der Waals surface area contributed by atoms with Crippen LogP contribution in [-0.2, 0) is 31.7 Å². The number of hydrogen-bond donors (Lipinski definition) is 0.